The zero-order valence-corrected chi connectivity index (χ0v) is 12.2. The molecule has 98 valence electrons. The van der Waals surface area contributed by atoms with Gasteiger partial charge in [-0.15, -0.1) is 0 Å². The van der Waals surface area contributed by atoms with E-state index >= 15 is 0 Å². The fourth-order valence-corrected chi connectivity index (χ4v) is 2.39. The molecule has 0 aromatic heterocycles. The van der Waals surface area contributed by atoms with Gasteiger partial charge in [0.05, 0.1) is 0 Å². The third-order valence-electron chi connectivity index (χ3n) is 3.14. The second kappa shape index (κ2) is 5.47. The Morgan fingerprint density at radius 3 is 2.35 bits per heavy atom. The van der Waals surface area contributed by atoms with Crippen molar-refractivity contribution < 1.29 is 4.79 Å². The maximum Gasteiger partial charge on any atom is 0.255 e. The minimum absolute atomic E-state index is 0.103. The number of hydrogen-bond donors (Lipinski definition) is 1. The van der Waals surface area contributed by atoms with Crippen LogP contribution in [-0.2, 0) is 0 Å². The molecule has 0 aliphatic carbocycles. The van der Waals surface area contributed by atoms with E-state index < -0.39 is 0 Å². The van der Waals surface area contributed by atoms with Gasteiger partial charge in [-0.1, -0.05) is 52.3 Å². The van der Waals surface area contributed by atoms with Gasteiger partial charge in [-0.3, -0.25) is 4.79 Å². The number of hydrogen-bond acceptors (Lipinski definition) is 1. The normalized spacial score (nSPS) is 10.4. The van der Waals surface area contributed by atoms with Gasteiger partial charge in [0.2, 0.25) is 0 Å². The molecule has 0 fully saturated rings. The molecule has 3 aromatic carbocycles. The van der Waals surface area contributed by atoms with Crippen LogP contribution in [0.2, 0.25) is 0 Å². The van der Waals surface area contributed by atoms with Crippen LogP contribution in [0.5, 0.6) is 0 Å². The lowest BCUT2D eigenvalue weighted by Crippen LogP contribution is -2.11. The summed E-state index contributed by atoms with van der Waals surface area (Å²) in [6.45, 7) is 0. The predicted molar refractivity (Wildman–Crippen MR) is 86.0 cm³/mol. The van der Waals surface area contributed by atoms with E-state index in [-0.39, 0.29) is 5.91 Å². The fraction of sp³-hybridized carbons (Fsp3) is 0. The molecule has 0 bridgehead atoms. The first kappa shape index (κ1) is 12.9. The van der Waals surface area contributed by atoms with Crippen molar-refractivity contribution in [1.82, 2.24) is 0 Å². The molecule has 3 aromatic rings. The second-order valence-electron chi connectivity index (χ2n) is 4.49. The first-order chi connectivity index (χ1) is 9.74. The lowest BCUT2D eigenvalue weighted by Gasteiger charge is -2.08. The number of amides is 1. The van der Waals surface area contributed by atoms with Crippen LogP contribution in [-0.4, -0.2) is 5.91 Å². The Hall–Kier alpha value is -2.13. The highest BCUT2D eigenvalue weighted by Gasteiger charge is 2.07. The Bertz CT molecular complexity index is 760. The van der Waals surface area contributed by atoms with Crippen LogP contribution < -0.4 is 5.32 Å². The summed E-state index contributed by atoms with van der Waals surface area (Å²) in [6, 6.07) is 21.2. The Kier molecular flexibility index (Phi) is 3.52. The van der Waals surface area contributed by atoms with E-state index in [4.69, 9.17) is 0 Å². The van der Waals surface area contributed by atoms with Gasteiger partial charge in [0.25, 0.3) is 5.91 Å². The van der Waals surface area contributed by atoms with E-state index in [1.807, 2.05) is 54.6 Å². The topological polar surface area (TPSA) is 29.1 Å². The summed E-state index contributed by atoms with van der Waals surface area (Å²) in [7, 11) is 0. The van der Waals surface area contributed by atoms with Crippen molar-refractivity contribution in [3.05, 3.63) is 76.8 Å². The number of carbonyl (C=O) groups excluding carboxylic acids is 1. The number of anilines is 1. The maximum absolute atomic E-state index is 12.2. The Morgan fingerprint density at radius 2 is 1.55 bits per heavy atom. The molecule has 3 heteroatoms. The first-order valence-corrected chi connectivity index (χ1v) is 7.08. The summed E-state index contributed by atoms with van der Waals surface area (Å²) in [4.78, 5) is 12.2. The fourth-order valence-electron chi connectivity index (χ4n) is 2.13. The number of fused-ring (bicyclic) bond motifs is 1. The van der Waals surface area contributed by atoms with Crippen molar-refractivity contribution in [2.24, 2.45) is 0 Å². The van der Waals surface area contributed by atoms with Crippen LogP contribution in [0.1, 0.15) is 10.4 Å². The van der Waals surface area contributed by atoms with Gasteiger partial charge < -0.3 is 5.32 Å². The van der Waals surface area contributed by atoms with Gasteiger partial charge in [-0.25, -0.2) is 0 Å². The van der Waals surface area contributed by atoms with Gasteiger partial charge >= 0.3 is 0 Å². The van der Waals surface area contributed by atoms with Crippen LogP contribution in [0, 0.1) is 0 Å². The van der Waals surface area contributed by atoms with Crippen LogP contribution in [0.4, 0.5) is 5.69 Å². The molecule has 0 spiro atoms. The third-order valence-corrected chi connectivity index (χ3v) is 3.67. The molecule has 3 rings (SSSR count). The van der Waals surface area contributed by atoms with Crippen LogP contribution >= 0.6 is 15.9 Å². The summed E-state index contributed by atoms with van der Waals surface area (Å²) >= 11 is 3.36. The Labute approximate surface area is 125 Å². The highest BCUT2D eigenvalue weighted by molar-refractivity contribution is 9.10. The molecule has 0 aliphatic rings. The summed E-state index contributed by atoms with van der Waals surface area (Å²) in [5.41, 5.74) is 1.47. The molecule has 0 heterocycles. The van der Waals surface area contributed by atoms with Crippen molar-refractivity contribution in [3.8, 4) is 0 Å². The zero-order valence-electron chi connectivity index (χ0n) is 10.6. The van der Waals surface area contributed by atoms with E-state index in [0.717, 1.165) is 20.9 Å². The summed E-state index contributed by atoms with van der Waals surface area (Å²) in [6.07, 6.45) is 0. The molecule has 20 heavy (non-hydrogen) atoms. The van der Waals surface area contributed by atoms with Crippen molar-refractivity contribution in [1.29, 1.82) is 0 Å². The molecule has 1 N–H and O–H groups in total. The Balaban J connectivity index is 1.93. The highest BCUT2D eigenvalue weighted by atomic mass is 79.9. The third kappa shape index (κ3) is 2.58. The number of rotatable bonds is 2. The second-order valence-corrected chi connectivity index (χ2v) is 5.40. The van der Waals surface area contributed by atoms with Gasteiger partial charge in [0.15, 0.2) is 0 Å². The van der Waals surface area contributed by atoms with Crippen molar-refractivity contribution in [2.75, 3.05) is 5.32 Å². The molecule has 0 unspecified atom stereocenters. The van der Waals surface area contributed by atoms with E-state index in [0.29, 0.717) is 5.56 Å². The average molecular weight is 326 g/mol. The summed E-state index contributed by atoms with van der Waals surface area (Å²) in [5.74, 6) is -0.103. The van der Waals surface area contributed by atoms with E-state index in [9.17, 15) is 4.79 Å². The monoisotopic (exact) mass is 325 g/mol. The van der Waals surface area contributed by atoms with Gasteiger partial charge in [0, 0.05) is 21.1 Å². The highest BCUT2D eigenvalue weighted by Crippen LogP contribution is 2.23. The quantitative estimate of drug-likeness (QED) is 0.716. The van der Waals surface area contributed by atoms with Gasteiger partial charge in [0.1, 0.15) is 0 Å². The molecule has 0 atom stereocenters. The standard InChI is InChI=1S/C17H12BrNO/c18-14-10-8-13(9-11-14)17(20)19-16-7-3-5-12-4-1-2-6-15(12)16/h1-11H,(H,19,20). The molecular formula is C17H12BrNO. The molecule has 0 saturated heterocycles. The SMILES string of the molecule is O=C(Nc1cccc2ccccc12)c1ccc(Br)cc1. The summed E-state index contributed by atoms with van der Waals surface area (Å²) in [5, 5.41) is 5.12. The van der Waals surface area contributed by atoms with E-state index in [1.165, 1.54) is 0 Å². The molecule has 2 nitrogen and oxygen atoms in total. The summed E-state index contributed by atoms with van der Waals surface area (Å²) < 4.78 is 0.958. The minimum Gasteiger partial charge on any atom is -0.321 e. The average Bonchev–Trinajstić information content (AvgIpc) is 2.48. The molecule has 0 radical (unpaired) electrons. The van der Waals surface area contributed by atoms with Crippen LogP contribution in [0.3, 0.4) is 0 Å². The molecule has 0 saturated carbocycles. The smallest absolute Gasteiger partial charge is 0.255 e. The van der Waals surface area contributed by atoms with Crippen molar-refractivity contribution in [2.45, 2.75) is 0 Å². The van der Waals surface area contributed by atoms with Crippen molar-refractivity contribution >= 4 is 38.3 Å². The van der Waals surface area contributed by atoms with E-state index in [2.05, 4.69) is 21.2 Å². The minimum atomic E-state index is -0.103. The lowest BCUT2D eigenvalue weighted by molar-refractivity contribution is 0.102. The predicted octanol–water partition coefficient (Wildman–Crippen LogP) is 4.85. The first-order valence-electron chi connectivity index (χ1n) is 6.29. The molecule has 0 aliphatic heterocycles. The van der Waals surface area contributed by atoms with Crippen LogP contribution in [0.15, 0.2) is 71.2 Å². The Morgan fingerprint density at radius 1 is 0.850 bits per heavy atom. The van der Waals surface area contributed by atoms with E-state index in [1.54, 1.807) is 12.1 Å². The van der Waals surface area contributed by atoms with Crippen molar-refractivity contribution in [3.63, 3.8) is 0 Å². The number of benzene rings is 3. The van der Waals surface area contributed by atoms with Crippen LogP contribution in [0.25, 0.3) is 10.8 Å². The van der Waals surface area contributed by atoms with Gasteiger partial charge in [-0.05, 0) is 35.7 Å². The maximum atomic E-state index is 12.2. The largest absolute Gasteiger partial charge is 0.321 e. The lowest BCUT2D eigenvalue weighted by atomic mass is 10.1. The van der Waals surface area contributed by atoms with Gasteiger partial charge in [-0.2, -0.15) is 0 Å². The molecule has 1 amide bonds. The molecular weight excluding hydrogens is 314 g/mol. The zero-order chi connectivity index (χ0) is 13.9. The number of halogens is 1. The number of nitrogens with one attached hydrogen (secondary N) is 1. The number of carbonyl (C=O) groups is 1.